The lowest BCUT2D eigenvalue weighted by molar-refractivity contribution is -0.385. The van der Waals surface area contributed by atoms with Gasteiger partial charge in [0.1, 0.15) is 17.5 Å². The lowest BCUT2D eigenvalue weighted by Gasteiger charge is -2.11. The molecule has 0 unspecified atom stereocenters. The van der Waals surface area contributed by atoms with Crippen LogP contribution in [0.4, 0.5) is 5.69 Å². The number of benzene rings is 1. The summed E-state index contributed by atoms with van der Waals surface area (Å²) in [5.41, 5.74) is 2.13. The predicted octanol–water partition coefficient (Wildman–Crippen LogP) is 3.84. The van der Waals surface area contributed by atoms with Crippen LogP contribution in [0.25, 0.3) is 0 Å². The molecule has 20 heavy (non-hydrogen) atoms. The third kappa shape index (κ3) is 3.05. The Labute approximate surface area is 121 Å². The van der Waals surface area contributed by atoms with Crippen LogP contribution < -0.4 is 4.74 Å². The molecule has 5 nitrogen and oxygen atoms in total. The van der Waals surface area contributed by atoms with E-state index < -0.39 is 4.92 Å². The highest BCUT2D eigenvalue weighted by Gasteiger charge is 2.14. The van der Waals surface area contributed by atoms with Crippen LogP contribution in [-0.2, 0) is 6.61 Å². The van der Waals surface area contributed by atoms with Gasteiger partial charge in [-0.05, 0) is 31.5 Å². The Bertz CT molecular complexity index is 659. The molecule has 1 aromatic carbocycles. The third-order valence-electron chi connectivity index (χ3n) is 2.91. The van der Waals surface area contributed by atoms with Crippen LogP contribution in [0.15, 0.2) is 30.5 Å². The van der Waals surface area contributed by atoms with Gasteiger partial charge < -0.3 is 4.74 Å². The van der Waals surface area contributed by atoms with E-state index in [1.807, 2.05) is 6.07 Å². The zero-order valence-electron chi connectivity index (χ0n) is 11.1. The minimum absolute atomic E-state index is 0.0919. The zero-order chi connectivity index (χ0) is 14.7. The van der Waals surface area contributed by atoms with Crippen molar-refractivity contribution in [1.82, 2.24) is 4.98 Å². The summed E-state index contributed by atoms with van der Waals surface area (Å²) in [7, 11) is 0. The molecule has 2 rings (SSSR count). The van der Waals surface area contributed by atoms with E-state index in [2.05, 4.69) is 4.98 Å². The highest BCUT2D eigenvalue weighted by Crippen LogP contribution is 2.28. The molecule has 0 saturated carbocycles. The van der Waals surface area contributed by atoms with E-state index in [1.165, 1.54) is 6.07 Å². The summed E-state index contributed by atoms with van der Waals surface area (Å²) in [5.74, 6) is 0.605. The van der Waals surface area contributed by atoms with Crippen molar-refractivity contribution >= 4 is 17.3 Å². The van der Waals surface area contributed by atoms with Crippen molar-refractivity contribution in [2.75, 3.05) is 0 Å². The second kappa shape index (κ2) is 5.88. The molecule has 0 fully saturated rings. The second-order valence-electron chi connectivity index (χ2n) is 4.40. The molecule has 0 spiro atoms. The van der Waals surface area contributed by atoms with Crippen molar-refractivity contribution in [2.45, 2.75) is 20.5 Å². The Balaban J connectivity index is 2.21. The largest absolute Gasteiger partial charge is 0.489 e. The van der Waals surface area contributed by atoms with Gasteiger partial charge in [0.05, 0.1) is 4.92 Å². The Hall–Kier alpha value is -2.14. The third-order valence-corrected chi connectivity index (χ3v) is 3.25. The number of nitro groups is 1. The topological polar surface area (TPSA) is 65.3 Å². The van der Waals surface area contributed by atoms with Gasteiger partial charge in [0.2, 0.25) is 0 Å². The van der Waals surface area contributed by atoms with E-state index in [1.54, 1.807) is 32.2 Å². The van der Waals surface area contributed by atoms with Gasteiger partial charge in [-0.25, -0.2) is 4.98 Å². The summed E-state index contributed by atoms with van der Waals surface area (Å²) in [6, 6.07) is 6.77. The summed E-state index contributed by atoms with van der Waals surface area (Å²) >= 11 is 5.95. The molecule has 0 radical (unpaired) electrons. The van der Waals surface area contributed by atoms with Crippen LogP contribution in [-0.4, -0.2) is 9.91 Å². The van der Waals surface area contributed by atoms with E-state index in [-0.39, 0.29) is 12.3 Å². The molecule has 2 aromatic rings. The van der Waals surface area contributed by atoms with Crippen LogP contribution in [0.5, 0.6) is 5.75 Å². The number of halogens is 1. The number of ether oxygens (including phenoxy) is 1. The van der Waals surface area contributed by atoms with Gasteiger partial charge in [0.25, 0.3) is 5.69 Å². The Morgan fingerprint density at radius 1 is 1.35 bits per heavy atom. The fourth-order valence-corrected chi connectivity index (χ4v) is 1.98. The lowest BCUT2D eigenvalue weighted by Crippen LogP contribution is -2.00. The van der Waals surface area contributed by atoms with E-state index in [0.29, 0.717) is 22.0 Å². The van der Waals surface area contributed by atoms with Crippen molar-refractivity contribution < 1.29 is 9.66 Å². The molecule has 1 aromatic heterocycles. The predicted molar refractivity (Wildman–Crippen MR) is 76.1 cm³/mol. The van der Waals surface area contributed by atoms with Gasteiger partial charge in [-0.15, -0.1) is 0 Å². The Kier molecular flexibility index (Phi) is 4.20. The van der Waals surface area contributed by atoms with E-state index in [4.69, 9.17) is 16.3 Å². The summed E-state index contributed by atoms with van der Waals surface area (Å²) < 4.78 is 5.67. The number of hydrogen-bond donors (Lipinski definition) is 0. The molecule has 0 aliphatic rings. The molecule has 0 aliphatic heterocycles. The molecule has 0 aliphatic carbocycles. The van der Waals surface area contributed by atoms with Gasteiger partial charge in [-0.2, -0.15) is 0 Å². The SMILES string of the molecule is Cc1cc([N+](=O)[O-])c(C)cc1OCc1cccnc1Cl. The van der Waals surface area contributed by atoms with Gasteiger partial charge in [0.15, 0.2) is 0 Å². The smallest absolute Gasteiger partial charge is 0.272 e. The van der Waals surface area contributed by atoms with Crippen molar-refractivity contribution in [3.63, 3.8) is 0 Å². The number of rotatable bonds is 4. The van der Waals surface area contributed by atoms with Gasteiger partial charge in [-0.1, -0.05) is 17.7 Å². The summed E-state index contributed by atoms with van der Waals surface area (Å²) in [5, 5.41) is 11.2. The molecular weight excluding hydrogens is 280 g/mol. The number of nitrogens with zero attached hydrogens (tertiary/aromatic N) is 2. The van der Waals surface area contributed by atoms with Crippen LogP contribution >= 0.6 is 11.6 Å². The maximum atomic E-state index is 10.8. The lowest BCUT2D eigenvalue weighted by atomic mass is 10.1. The highest BCUT2D eigenvalue weighted by molar-refractivity contribution is 6.30. The molecule has 0 bridgehead atoms. The first-order chi connectivity index (χ1) is 9.49. The Morgan fingerprint density at radius 2 is 2.10 bits per heavy atom. The van der Waals surface area contributed by atoms with Gasteiger partial charge >= 0.3 is 0 Å². The Morgan fingerprint density at radius 3 is 2.75 bits per heavy atom. The molecule has 1 heterocycles. The van der Waals surface area contributed by atoms with Gasteiger partial charge in [-0.3, -0.25) is 10.1 Å². The van der Waals surface area contributed by atoms with E-state index in [9.17, 15) is 10.1 Å². The van der Waals surface area contributed by atoms with Crippen LogP contribution in [0, 0.1) is 24.0 Å². The number of aromatic nitrogens is 1. The average molecular weight is 293 g/mol. The van der Waals surface area contributed by atoms with Crippen molar-refractivity contribution in [1.29, 1.82) is 0 Å². The van der Waals surface area contributed by atoms with Crippen LogP contribution in [0.1, 0.15) is 16.7 Å². The molecule has 0 N–H and O–H groups in total. The maximum absolute atomic E-state index is 10.8. The maximum Gasteiger partial charge on any atom is 0.272 e. The minimum atomic E-state index is -0.399. The summed E-state index contributed by atoms with van der Waals surface area (Å²) in [6.45, 7) is 3.72. The quantitative estimate of drug-likeness (QED) is 0.488. The van der Waals surface area contributed by atoms with E-state index >= 15 is 0 Å². The van der Waals surface area contributed by atoms with Gasteiger partial charge in [0, 0.05) is 23.4 Å². The molecular formula is C14H13ClN2O3. The molecule has 0 amide bonds. The number of pyridine rings is 1. The first-order valence-corrected chi connectivity index (χ1v) is 6.34. The fraction of sp³-hybridized carbons (Fsp3) is 0.214. The molecule has 104 valence electrons. The average Bonchev–Trinajstić information content (AvgIpc) is 2.40. The first-order valence-electron chi connectivity index (χ1n) is 5.97. The molecule has 6 heteroatoms. The van der Waals surface area contributed by atoms with Crippen molar-refractivity contribution in [2.24, 2.45) is 0 Å². The number of hydrogen-bond acceptors (Lipinski definition) is 4. The monoisotopic (exact) mass is 292 g/mol. The van der Waals surface area contributed by atoms with Crippen molar-refractivity contribution in [3.05, 3.63) is 62.4 Å². The van der Waals surface area contributed by atoms with Crippen LogP contribution in [0.2, 0.25) is 5.15 Å². The molecule has 0 saturated heterocycles. The highest BCUT2D eigenvalue weighted by atomic mass is 35.5. The minimum Gasteiger partial charge on any atom is -0.489 e. The van der Waals surface area contributed by atoms with E-state index in [0.717, 1.165) is 5.56 Å². The summed E-state index contributed by atoms with van der Waals surface area (Å²) in [6.07, 6.45) is 1.60. The molecule has 0 atom stereocenters. The fourth-order valence-electron chi connectivity index (χ4n) is 1.81. The summed E-state index contributed by atoms with van der Waals surface area (Å²) in [4.78, 5) is 14.4. The number of aryl methyl sites for hydroxylation is 2. The van der Waals surface area contributed by atoms with Crippen LogP contribution in [0.3, 0.4) is 0 Å². The normalized spacial score (nSPS) is 10.3. The zero-order valence-corrected chi connectivity index (χ0v) is 11.8. The standard InChI is InChI=1S/C14H13ClN2O3/c1-9-7-13(10(2)6-12(9)17(18)19)20-8-11-4-3-5-16-14(11)15/h3-7H,8H2,1-2H3. The number of nitro benzene ring substituents is 1. The first kappa shape index (κ1) is 14.3. The van der Waals surface area contributed by atoms with Crippen molar-refractivity contribution in [3.8, 4) is 5.75 Å². The second-order valence-corrected chi connectivity index (χ2v) is 4.76.